The van der Waals surface area contributed by atoms with Gasteiger partial charge in [-0.2, -0.15) is 0 Å². The Morgan fingerprint density at radius 2 is 1.84 bits per heavy atom. The predicted molar refractivity (Wildman–Crippen MR) is 82.6 cm³/mol. The first-order valence-corrected chi connectivity index (χ1v) is 7.57. The van der Waals surface area contributed by atoms with Crippen LogP contribution in [0.15, 0.2) is 12.1 Å². The van der Waals surface area contributed by atoms with Gasteiger partial charge in [0.25, 0.3) is 0 Å². The summed E-state index contributed by atoms with van der Waals surface area (Å²) >= 11 is 0. The van der Waals surface area contributed by atoms with Crippen molar-refractivity contribution in [1.82, 2.24) is 10.2 Å². The first-order valence-electron chi connectivity index (χ1n) is 7.57. The second-order valence-electron chi connectivity index (χ2n) is 6.06. The molecule has 0 aliphatic carbocycles. The van der Waals surface area contributed by atoms with Crippen LogP contribution in [0, 0.1) is 20.8 Å². The van der Waals surface area contributed by atoms with E-state index in [-0.39, 0.29) is 0 Å². The molecule has 0 radical (unpaired) electrons. The Morgan fingerprint density at radius 1 is 1.16 bits per heavy atom. The maximum atomic E-state index is 3.35. The molecule has 2 nitrogen and oxygen atoms in total. The molecule has 106 valence electrons. The molecule has 1 N–H and O–H groups in total. The van der Waals surface area contributed by atoms with Crippen molar-refractivity contribution in [2.24, 2.45) is 0 Å². The maximum Gasteiger partial charge on any atom is 0.0242 e. The van der Waals surface area contributed by atoms with E-state index >= 15 is 0 Å². The third kappa shape index (κ3) is 3.58. The molecular weight excluding hydrogens is 232 g/mol. The van der Waals surface area contributed by atoms with Crippen LogP contribution >= 0.6 is 0 Å². The van der Waals surface area contributed by atoms with Crippen LogP contribution in [0.5, 0.6) is 0 Å². The Balaban J connectivity index is 2.15. The van der Waals surface area contributed by atoms with Crippen molar-refractivity contribution in [3.05, 3.63) is 34.4 Å². The Bertz CT molecular complexity index is 400. The smallest absolute Gasteiger partial charge is 0.0242 e. The number of nitrogens with one attached hydrogen (secondary N) is 1. The Hall–Kier alpha value is -0.860. The summed E-state index contributed by atoms with van der Waals surface area (Å²) in [7, 11) is 2.06. The van der Waals surface area contributed by atoms with Gasteiger partial charge in [-0.1, -0.05) is 24.1 Å². The van der Waals surface area contributed by atoms with Crippen molar-refractivity contribution in [1.29, 1.82) is 0 Å². The van der Waals surface area contributed by atoms with Crippen LogP contribution in [0.4, 0.5) is 0 Å². The molecule has 0 bridgehead atoms. The van der Waals surface area contributed by atoms with E-state index < -0.39 is 0 Å². The van der Waals surface area contributed by atoms with Gasteiger partial charge in [-0.3, -0.25) is 4.90 Å². The lowest BCUT2D eigenvalue weighted by molar-refractivity contribution is 0.139. The van der Waals surface area contributed by atoms with Crippen molar-refractivity contribution < 1.29 is 0 Å². The van der Waals surface area contributed by atoms with E-state index in [2.05, 4.69) is 50.2 Å². The maximum absolute atomic E-state index is 3.35. The Morgan fingerprint density at radius 3 is 2.47 bits per heavy atom. The summed E-state index contributed by atoms with van der Waals surface area (Å²) in [6, 6.07) is 5.34. The number of nitrogens with zero attached hydrogens (tertiary/aromatic N) is 1. The molecule has 0 amide bonds. The molecule has 1 aliphatic heterocycles. The van der Waals surface area contributed by atoms with Gasteiger partial charge < -0.3 is 5.32 Å². The minimum atomic E-state index is 0.707. The highest BCUT2D eigenvalue weighted by Crippen LogP contribution is 2.23. The molecule has 1 aromatic rings. The zero-order valence-corrected chi connectivity index (χ0v) is 12.9. The molecule has 0 spiro atoms. The minimum absolute atomic E-state index is 0.707. The number of likely N-dealkylation sites (N-methyl/N-ethyl adjacent to an activating group) is 1. The van der Waals surface area contributed by atoms with Gasteiger partial charge in [-0.05, 0) is 63.9 Å². The number of piperidine rings is 1. The lowest BCUT2D eigenvalue weighted by atomic mass is 9.96. The summed E-state index contributed by atoms with van der Waals surface area (Å²) in [5.41, 5.74) is 5.82. The van der Waals surface area contributed by atoms with Gasteiger partial charge in [0.15, 0.2) is 0 Å². The van der Waals surface area contributed by atoms with Crippen LogP contribution in [0.1, 0.15) is 41.5 Å². The van der Waals surface area contributed by atoms with Crippen molar-refractivity contribution in [2.75, 3.05) is 20.1 Å². The summed E-state index contributed by atoms with van der Waals surface area (Å²) in [5, 5.41) is 3.35. The van der Waals surface area contributed by atoms with E-state index in [9.17, 15) is 0 Å². The first kappa shape index (κ1) is 14.5. The topological polar surface area (TPSA) is 15.3 Å². The van der Waals surface area contributed by atoms with Crippen molar-refractivity contribution in [3.63, 3.8) is 0 Å². The van der Waals surface area contributed by atoms with Crippen molar-refractivity contribution >= 4 is 0 Å². The number of aryl methyl sites for hydroxylation is 3. The van der Waals surface area contributed by atoms with E-state index in [4.69, 9.17) is 0 Å². The molecule has 19 heavy (non-hydrogen) atoms. The van der Waals surface area contributed by atoms with Gasteiger partial charge in [0.05, 0.1) is 0 Å². The van der Waals surface area contributed by atoms with Crippen LogP contribution in [-0.4, -0.2) is 31.1 Å². The molecule has 1 saturated heterocycles. The molecule has 1 heterocycles. The van der Waals surface area contributed by atoms with Gasteiger partial charge in [0, 0.05) is 19.1 Å². The predicted octanol–water partition coefficient (Wildman–Crippen LogP) is 3.19. The number of benzene rings is 1. The normalized spacial score (nSPS) is 20.7. The highest BCUT2D eigenvalue weighted by Gasteiger charge is 2.22. The fourth-order valence-corrected chi connectivity index (χ4v) is 3.40. The van der Waals surface area contributed by atoms with Gasteiger partial charge in [0.2, 0.25) is 0 Å². The van der Waals surface area contributed by atoms with E-state index in [0.29, 0.717) is 6.04 Å². The third-order valence-corrected chi connectivity index (χ3v) is 4.39. The highest BCUT2D eigenvalue weighted by molar-refractivity contribution is 5.37. The van der Waals surface area contributed by atoms with Gasteiger partial charge in [0.1, 0.15) is 0 Å². The molecule has 1 unspecified atom stereocenters. The lowest BCUT2D eigenvalue weighted by Crippen LogP contribution is -2.44. The third-order valence-electron chi connectivity index (χ3n) is 4.39. The fourth-order valence-electron chi connectivity index (χ4n) is 3.40. The number of rotatable bonds is 4. The van der Waals surface area contributed by atoms with Crippen LogP contribution in [0.2, 0.25) is 0 Å². The van der Waals surface area contributed by atoms with Crippen LogP contribution in [0.25, 0.3) is 0 Å². The standard InChI is InChI=1S/C17H28N2/c1-13-9-14(2)17(15(3)10-13)12-19-8-6-5-7-16(19)11-18-4/h9-10,16,18H,5-8,11-12H2,1-4H3. The summed E-state index contributed by atoms with van der Waals surface area (Å²) in [4.78, 5) is 2.67. The second kappa shape index (κ2) is 6.53. The monoisotopic (exact) mass is 260 g/mol. The molecule has 0 saturated carbocycles. The second-order valence-corrected chi connectivity index (χ2v) is 6.06. The number of hydrogen-bond donors (Lipinski definition) is 1. The summed E-state index contributed by atoms with van der Waals surface area (Å²) < 4.78 is 0. The molecule has 2 heteroatoms. The zero-order valence-electron chi connectivity index (χ0n) is 12.9. The molecular formula is C17H28N2. The van der Waals surface area contributed by atoms with Crippen LogP contribution in [0.3, 0.4) is 0 Å². The van der Waals surface area contributed by atoms with E-state index in [0.717, 1.165) is 13.1 Å². The first-order chi connectivity index (χ1) is 9.11. The fraction of sp³-hybridized carbons (Fsp3) is 0.647. The molecule has 0 aromatic heterocycles. The molecule has 1 aromatic carbocycles. The van der Waals surface area contributed by atoms with Crippen LogP contribution < -0.4 is 5.32 Å². The molecule has 1 aliphatic rings. The highest BCUT2D eigenvalue weighted by atomic mass is 15.2. The summed E-state index contributed by atoms with van der Waals surface area (Å²) in [5.74, 6) is 0. The Labute approximate surface area is 118 Å². The molecule has 1 fully saturated rings. The SMILES string of the molecule is CNCC1CCCCN1Cc1c(C)cc(C)cc1C. The van der Waals surface area contributed by atoms with E-state index in [1.165, 1.54) is 48.1 Å². The minimum Gasteiger partial charge on any atom is -0.318 e. The lowest BCUT2D eigenvalue weighted by Gasteiger charge is -2.36. The van der Waals surface area contributed by atoms with E-state index in [1.54, 1.807) is 0 Å². The van der Waals surface area contributed by atoms with Crippen molar-refractivity contribution in [2.45, 2.75) is 52.6 Å². The number of hydrogen-bond acceptors (Lipinski definition) is 2. The van der Waals surface area contributed by atoms with E-state index in [1.807, 2.05) is 0 Å². The van der Waals surface area contributed by atoms with Gasteiger partial charge in [-0.25, -0.2) is 0 Å². The average Bonchev–Trinajstić information content (AvgIpc) is 2.36. The zero-order chi connectivity index (χ0) is 13.8. The van der Waals surface area contributed by atoms with Gasteiger partial charge in [-0.15, -0.1) is 0 Å². The largest absolute Gasteiger partial charge is 0.318 e. The van der Waals surface area contributed by atoms with Crippen molar-refractivity contribution in [3.8, 4) is 0 Å². The average molecular weight is 260 g/mol. The Kier molecular flexibility index (Phi) is 5.00. The number of likely N-dealkylation sites (tertiary alicyclic amines) is 1. The van der Waals surface area contributed by atoms with Gasteiger partial charge >= 0.3 is 0 Å². The quantitative estimate of drug-likeness (QED) is 0.894. The summed E-state index contributed by atoms with van der Waals surface area (Å²) in [6.07, 6.45) is 4.07. The molecule has 2 rings (SSSR count). The van der Waals surface area contributed by atoms with Crippen LogP contribution in [-0.2, 0) is 6.54 Å². The molecule has 1 atom stereocenters. The summed E-state index contributed by atoms with van der Waals surface area (Å²) in [6.45, 7) is 10.2.